The van der Waals surface area contributed by atoms with Gasteiger partial charge < -0.3 is 10.1 Å². The van der Waals surface area contributed by atoms with Crippen molar-refractivity contribution < 1.29 is 9.53 Å². The van der Waals surface area contributed by atoms with Crippen molar-refractivity contribution in [3.63, 3.8) is 0 Å². The normalized spacial score (nSPS) is 10.6. The molecule has 1 heterocycles. The maximum atomic E-state index is 11.5. The summed E-state index contributed by atoms with van der Waals surface area (Å²) < 4.78 is 5.18. The topological polar surface area (TPSA) is 51.2 Å². The molecule has 5 heteroatoms. The van der Waals surface area contributed by atoms with Gasteiger partial charge in [-0.25, -0.2) is 4.98 Å². The standard InChI is InChI=1S/C11H15ClN2O2/c1-7(2)16-6-11(15)14-9-4-5-10(12)13-8(9)3/h4-5,7H,6H2,1-3H3,(H,14,15). The molecule has 0 unspecified atom stereocenters. The summed E-state index contributed by atoms with van der Waals surface area (Å²) in [6, 6.07) is 3.35. The number of anilines is 1. The van der Waals surface area contributed by atoms with E-state index in [9.17, 15) is 4.79 Å². The molecule has 0 saturated heterocycles. The number of rotatable bonds is 4. The number of nitrogens with one attached hydrogen (secondary N) is 1. The van der Waals surface area contributed by atoms with Gasteiger partial charge in [0.1, 0.15) is 11.8 Å². The third kappa shape index (κ3) is 4.16. The van der Waals surface area contributed by atoms with Gasteiger partial charge in [-0.15, -0.1) is 0 Å². The SMILES string of the molecule is Cc1nc(Cl)ccc1NC(=O)COC(C)C. The van der Waals surface area contributed by atoms with Crippen molar-refractivity contribution in [1.82, 2.24) is 4.98 Å². The highest BCUT2D eigenvalue weighted by Gasteiger charge is 2.06. The molecule has 0 aliphatic rings. The molecule has 0 aliphatic heterocycles. The average molecular weight is 243 g/mol. The number of amides is 1. The number of aromatic nitrogens is 1. The number of hydrogen-bond donors (Lipinski definition) is 1. The largest absolute Gasteiger partial charge is 0.369 e. The van der Waals surface area contributed by atoms with Crippen molar-refractivity contribution in [3.05, 3.63) is 23.0 Å². The molecule has 0 radical (unpaired) electrons. The third-order valence-electron chi connectivity index (χ3n) is 1.87. The van der Waals surface area contributed by atoms with E-state index in [1.54, 1.807) is 19.1 Å². The maximum absolute atomic E-state index is 11.5. The van der Waals surface area contributed by atoms with Crippen LogP contribution in [-0.2, 0) is 9.53 Å². The quantitative estimate of drug-likeness (QED) is 0.825. The number of hydrogen-bond acceptors (Lipinski definition) is 3. The lowest BCUT2D eigenvalue weighted by Gasteiger charge is -2.09. The molecule has 0 spiro atoms. The van der Waals surface area contributed by atoms with E-state index in [0.717, 1.165) is 0 Å². The van der Waals surface area contributed by atoms with Crippen LogP contribution in [0, 0.1) is 6.92 Å². The number of pyridine rings is 1. The predicted octanol–water partition coefficient (Wildman–Crippen LogP) is 2.41. The fourth-order valence-electron chi connectivity index (χ4n) is 1.09. The second-order valence-electron chi connectivity index (χ2n) is 3.67. The Morgan fingerprint density at radius 2 is 2.25 bits per heavy atom. The Labute approximate surface area is 100.0 Å². The molecule has 1 rings (SSSR count). The van der Waals surface area contributed by atoms with Crippen molar-refractivity contribution in [2.75, 3.05) is 11.9 Å². The summed E-state index contributed by atoms with van der Waals surface area (Å²) in [5, 5.41) is 3.12. The van der Waals surface area contributed by atoms with E-state index in [2.05, 4.69) is 10.3 Å². The second kappa shape index (κ2) is 5.82. The number of nitrogens with zero attached hydrogens (tertiary/aromatic N) is 1. The van der Waals surface area contributed by atoms with Crippen LogP contribution in [0.25, 0.3) is 0 Å². The molecule has 1 amide bonds. The molecule has 1 aromatic rings. The molecular weight excluding hydrogens is 228 g/mol. The summed E-state index contributed by atoms with van der Waals surface area (Å²) in [5.74, 6) is -0.194. The minimum absolute atomic E-state index is 0.0372. The van der Waals surface area contributed by atoms with E-state index in [1.165, 1.54) is 0 Å². The zero-order chi connectivity index (χ0) is 12.1. The van der Waals surface area contributed by atoms with Crippen LogP contribution < -0.4 is 5.32 Å². The van der Waals surface area contributed by atoms with Crippen LogP contribution in [0.2, 0.25) is 5.15 Å². The van der Waals surface area contributed by atoms with Crippen LogP contribution in [0.4, 0.5) is 5.69 Å². The lowest BCUT2D eigenvalue weighted by atomic mass is 10.3. The first-order valence-corrected chi connectivity index (χ1v) is 5.41. The van der Waals surface area contributed by atoms with Crippen LogP contribution in [0.3, 0.4) is 0 Å². The Kier molecular flexibility index (Phi) is 4.71. The van der Waals surface area contributed by atoms with Crippen molar-refractivity contribution in [3.8, 4) is 0 Å². The molecule has 0 atom stereocenters. The van der Waals surface area contributed by atoms with E-state index in [4.69, 9.17) is 16.3 Å². The van der Waals surface area contributed by atoms with Gasteiger partial charge in [0.2, 0.25) is 5.91 Å². The first-order valence-electron chi connectivity index (χ1n) is 5.03. The molecule has 0 aromatic carbocycles. The molecule has 0 aliphatic carbocycles. The fraction of sp³-hybridized carbons (Fsp3) is 0.455. The molecule has 4 nitrogen and oxygen atoms in total. The smallest absolute Gasteiger partial charge is 0.250 e. The Hall–Kier alpha value is -1.13. The molecule has 0 fully saturated rings. The van der Waals surface area contributed by atoms with Crippen molar-refractivity contribution in [2.45, 2.75) is 26.9 Å². The summed E-state index contributed by atoms with van der Waals surface area (Å²) in [7, 11) is 0. The van der Waals surface area contributed by atoms with E-state index in [1.807, 2.05) is 13.8 Å². The van der Waals surface area contributed by atoms with Gasteiger partial charge in [-0.3, -0.25) is 4.79 Å². The van der Waals surface area contributed by atoms with E-state index < -0.39 is 0 Å². The zero-order valence-electron chi connectivity index (χ0n) is 9.58. The number of halogens is 1. The zero-order valence-corrected chi connectivity index (χ0v) is 10.3. The van der Waals surface area contributed by atoms with E-state index in [-0.39, 0.29) is 18.6 Å². The average Bonchev–Trinajstić information content (AvgIpc) is 2.19. The maximum Gasteiger partial charge on any atom is 0.250 e. The van der Waals surface area contributed by atoms with Crippen molar-refractivity contribution in [1.29, 1.82) is 0 Å². The molecule has 0 saturated carbocycles. The summed E-state index contributed by atoms with van der Waals surface area (Å²) in [5.41, 5.74) is 1.34. The van der Waals surface area contributed by atoms with Gasteiger partial charge in [-0.2, -0.15) is 0 Å². The number of carbonyl (C=O) groups excluding carboxylic acids is 1. The highest BCUT2D eigenvalue weighted by atomic mass is 35.5. The fourth-order valence-corrected chi connectivity index (χ4v) is 1.28. The van der Waals surface area contributed by atoms with Gasteiger partial charge in [0.05, 0.1) is 17.5 Å². The van der Waals surface area contributed by atoms with Gasteiger partial charge in [-0.05, 0) is 32.9 Å². The second-order valence-corrected chi connectivity index (χ2v) is 4.06. The molecule has 0 bridgehead atoms. The van der Waals surface area contributed by atoms with Crippen LogP contribution in [0.5, 0.6) is 0 Å². The van der Waals surface area contributed by atoms with E-state index in [0.29, 0.717) is 16.5 Å². The Bertz CT molecular complexity index is 380. The molecule has 1 aromatic heterocycles. The lowest BCUT2D eigenvalue weighted by molar-refractivity contribution is -0.121. The number of carbonyl (C=O) groups is 1. The Morgan fingerprint density at radius 3 is 2.81 bits per heavy atom. The minimum Gasteiger partial charge on any atom is -0.369 e. The van der Waals surface area contributed by atoms with Crippen LogP contribution in [-0.4, -0.2) is 23.6 Å². The van der Waals surface area contributed by atoms with Gasteiger partial charge in [0, 0.05) is 0 Å². The Morgan fingerprint density at radius 1 is 1.56 bits per heavy atom. The summed E-state index contributed by atoms with van der Waals surface area (Å²) in [4.78, 5) is 15.5. The monoisotopic (exact) mass is 242 g/mol. The van der Waals surface area contributed by atoms with Gasteiger partial charge in [-0.1, -0.05) is 11.6 Å². The van der Waals surface area contributed by atoms with Gasteiger partial charge in [0.25, 0.3) is 0 Å². The lowest BCUT2D eigenvalue weighted by Crippen LogP contribution is -2.21. The highest BCUT2D eigenvalue weighted by Crippen LogP contribution is 2.15. The van der Waals surface area contributed by atoms with Crippen LogP contribution >= 0.6 is 11.6 Å². The van der Waals surface area contributed by atoms with Crippen molar-refractivity contribution in [2.24, 2.45) is 0 Å². The van der Waals surface area contributed by atoms with Crippen LogP contribution in [0.15, 0.2) is 12.1 Å². The van der Waals surface area contributed by atoms with E-state index >= 15 is 0 Å². The summed E-state index contributed by atoms with van der Waals surface area (Å²) >= 11 is 5.71. The molecule has 1 N–H and O–H groups in total. The third-order valence-corrected chi connectivity index (χ3v) is 2.08. The minimum atomic E-state index is -0.194. The van der Waals surface area contributed by atoms with Crippen molar-refractivity contribution >= 4 is 23.2 Å². The number of aryl methyl sites for hydroxylation is 1. The van der Waals surface area contributed by atoms with Gasteiger partial charge in [0.15, 0.2) is 0 Å². The first-order chi connectivity index (χ1) is 7.49. The summed E-state index contributed by atoms with van der Waals surface area (Å²) in [6.45, 7) is 5.58. The molecule has 16 heavy (non-hydrogen) atoms. The predicted molar refractivity (Wildman–Crippen MR) is 63.7 cm³/mol. The highest BCUT2D eigenvalue weighted by molar-refractivity contribution is 6.29. The van der Waals surface area contributed by atoms with Gasteiger partial charge >= 0.3 is 0 Å². The molecule has 88 valence electrons. The molecular formula is C11H15ClN2O2. The first kappa shape index (κ1) is 12.9. The number of ether oxygens (including phenoxy) is 1. The Balaban J connectivity index is 2.56. The summed E-state index contributed by atoms with van der Waals surface area (Å²) in [6.07, 6.45) is 0.0372. The van der Waals surface area contributed by atoms with Crippen LogP contribution in [0.1, 0.15) is 19.5 Å².